The summed E-state index contributed by atoms with van der Waals surface area (Å²) in [6.07, 6.45) is 5.21. The molecule has 2 atom stereocenters. The Morgan fingerprint density at radius 1 is 1.29 bits per heavy atom. The first-order valence-electron chi connectivity index (χ1n) is 7.65. The zero-order chi connectivity index (χ0) is 15.1. The maximum Gasteiger partial charge on any atom is 0.258 e. The Bertz CT molecular complexity index is 701. The van der Waals surface area contributed by atoms with Gasteiger partial charge in [0, 0.05) is 28.3 Å². The van der Waals surface area contributed by atoms with Crippen LogP contribution in [0.5, 0.6) is 0 Å². The third kappa shape index (κ3) is 4.26. The van der Waals surface area contributed by atoms with E-state index >= 15 is 0 Å². The molecule has 0 spiro atoms. The predicted molar refractivity (Wildman–Crippen MR) is 103 cm³/mol. The number of rotatable bonds is 5. The maximum atomic E-state index is 12.2. The molecule has 2 fully saturated rings. The van der Waals surface area contributed by atoms with Gasteiger partial charge in [0.2, 0.25) is 5.13 Å². The fourth-order valence-corrected chi connectivity index (χ4v) is 4.41. The molecule has 1 amide bonds. The number of anilines is 1. The van der Waals surface area contributed by atoms with Crippen LogP contribution in [0.15, 0.2) is 11.4 Å². The van der Waals surface area contributed by atoms with Gasteiger partial charge in [0.05, 0.1) is 5.56 Å². The smallest absolute Gasteiger partial charge is 0.258 e. The number of aryl methyl sites for hydroxylation is 1. The van der Waals surface area contributed by atoms with Crippen molar-refractivity contribution in [3.05, 3.63) is 26.9 Å². The van der Waals surface area contributed by atoms with Crippen LogP contribution >= 0.6 is 47.5 Å². The predicted octanol–water partition coefficient (Wildman–Crippen LogP) is 4.00. The summed E-state index contributed by atoms with van der Waals surface area (Å²) < 4.78 is 0. The van der Waals surface area contributed by atoms with Crippen LogP contribution in [0.25, 0.3) is 0 Å². The second kappa shape index (κ2) is 8.10. The van der Waals surface area contributed by atoms with Gasteiger partial charge in [-0.1, -0.05) is 17.8 Å². The number of carbonyl (C=O) groups is 1. The number of nitrogens with one attached hydrogen (secondary N) is 2. The Hall–Kier alpha value is -0.730. The summed E-state index contributed by atoms with van der Waals surface area (Å²) in [6.45, 7) is 1.87. The Morgan fingerprint density at radius 3 is 2.71 bits per heavy atom. The lowest BCUT2D eigenvalue weighted by Crippen LogP contribution is -2.37. The summed E-state index contributed by atoms with van der Waals surface area (Å²) in [6, 6.07) is 3.38. The highest BCUT2D eigenvalue weighted by atomic mass is 35.5. The van der Waals surface area contributed by atoms with Crippen molar-refractivity contribution in [2.24, 2.45) is 0 Å². The zero-order valence-corrected chi connectivity index (χ0v) is 16.4. The van der Waals surface area contributed by atoms with Gasteiger partial charge < -0.3 is 5.32 Å². The molecular weight excluding hydrogens is 387 g/mol. The molecule has 2 aliphatic rings. The minimum Gasteiger partial charge on any atom is -0.311 e. The quantitative estimate of drug-likeness (QED) is 0.786. The fraction of sp³-hybridized carbons (Fsp3) is 0.533. The van der Waals surface area contributed by atoms with Crippen LogP contribution in [0.2, 0.25) is 0 Å². The maximum absolute atomic E-state index is 12.2. The standard InChI is InChI=1S/C15H18N4OS2.2ClH/c1-8-18-19-15(22-8)17-14(20)9-5-13(21-7-9)11-6-12(11)16-10-3-2-4-10;;/h5,7,10-12,16H,2-4,6H2,1H3,(H,17,19,20);2*1H/t11-,12-;;/m1../s1. The van der Waals surface area contributed by atoms with Gasteiger partial charge in [-0.3, -0.25) is 10.1 Å². The highest BCUT2D eigenvalue weighted by Crippen LogP contribution is 2.44. The zero-order valence-electron chi connectivity index (χ0n) is 13.2. The molecule has 0 aromatic carbocycles. The van der Waals surface area contributed by atoms with Crippen LogP contribution < -0.4 is 10.6 Å². The molecule has 132 valence electrons. The van der Waals surface area contributed by atoms with Crippen LogP contribution in [0.4, 0.5) is 5.13 Å². The number of aromatic nitrogens is 2. The van der Waals surface area contributed by atoms with E-state index in [2.05, 4.69) is 20.8 Å². The van der Waals surface area contributed by atoms with Crippen molar-refractivity contribution in [2.75, 3.05) is 5.32 Å². The van der Waals surface area contributed by atoms with Crippen LogP contribution in [-0.2, 0) is 0 Å². The first-order chi connectivity index (χ1) is 10.7. The largest absolute Gasteiger partial charge is 0.311 e. The van der Waals surface area contributed by atoms with Crippen molar-refractivity contribution in [1.82, 2.24) is 15.5 Å². The highest BCUT2D eigenvalue weighted by Gasteiger charge is 2.41. The van der Waals surface area contributed by atoms with E-state index < -0.39 is 0 Å². The van der Waals surface area contributed by atoms with Gasteiger partial charge in [0.15, 0.2) is 0 Å². The molecule has 2 aromatic heterocycles. The third-order valence-electron chi connectivity index (χ3n) is 4.34. The summed E-state index contributed by atoms with van der Waals surface area (Å²) in [4.78, 5) is 13.5. The molecule has 0 saturated heterocycles. The van der Waals surface area contributed by atoms with Crippen molar-refractivity contribution in [2.45, 2.75) is 50.6 Å². The Morgan fingerprint density at radius 2 is 2.08 bits per heavy atom. The van der Waals surface area contributed by atoms with E-state index in [4.69, 9.17) is 0 Å². The Balaban J connectivity index is 0.00000104. The van der Waals surface area contributed by atoms with E-state index in [0.717, 1.165) is 16.6 Å². The molecule has 2 saturated carbocycles. The van der Waals surface area contributed by atoms with Gasteiger partial charge >= 0.3 is 0 Å². The lowest BCUT2D eigenvalue weighted by molar-refractivity contribution is 0.102. The number of nitrogens with zero attached hydrogens (tertiary/aromatic N) is 2. The minimum atomic E-state index is -0.0946. The number of thiophene rings is 1. The normalized spacial score (nSPS) is 22.0. The molecule has 24 heavy (non-hydrogen) atoms. The second-order valence-corrected chi connectivity index (χ2v) is 8.19. The number of hydrogen-bond donors (Lipinski definition) is 2. The summed E-state index contributed by atoms with van der Waals surface area (Å²) in [5.41, 5.74) is 0.724. The first-order valence-corrected chi connectivity index (χ1v) is 9.34. The highest BCUT2D eigenvalue weighted by molar-refractivity contribution is 7.15. The molecule has 0 unspecified atom stereocenters. The molecule has 0 radical (unpaired) electrons. The average molecular weight is 407 g/mol. The van der Waals surface area contributed by atoms with Crippen molar-refractivity contribution in [1.29, 1.82) is 0 Å². The molecule has 2 aliphatic carbocycles. The van der Waals surface area contributed by atoms with Gasteiger partial charge in [0.1, 0.15) is 5.01 Å². The van der Waals surface area contributed by atoms with Crippen LogP contribution in [0, 0.1) is 6.92 Å². The topological polar surface area (TPSA) is 66.9 Å². The Labute approximate surface area is 161 Å². The van der Waals surface area contributed by atoms with Crippen molar-refractivity contribution < 1.29 is 4.79 Å². The van der Waals surface area contributed by atoms with Crippen molar-refractivity contribution in [3.63, 3.8) is 0 Å². The third-order valence-corrected chi connectivity index (χ3v) is 6.16. The Kier molecular flexibility index (Phi) is 6.61. The van der Waals surface area contributed by atoms with E-state index in [1.54, 1.807) is 11.3 Å². The lowest BCUT2D eigenvalue weighted by Gasteiger charge is -2.26. The molecule has 9 heteroatoms. The summed E-state index contributed by atoms with van der Waals surface area (Å²) >= 11 is 3.08. The molecule has 0 aliphatic heterocycles. The van der Waals surface area contributed by atoms with E-state index in [1.165, 1.54) is 41.9 Å². The van der Waals surface area contributed by atoms with E-state index in [9.17, 15) is 4.79 Å². The molecule has 2 heterocycles. The van der Waals surface area contributed by atoms with E-state index in [1.807, 2.05) is 18.4 Å². The molecule has 2 N–H and O–H groups in total. The van der Waals surface area contributed by atoms with Gasteiger partial charge in [-0.25, -0.2) is 0 Å². The van der Waals surface area contributed by atoms with E-state index in [0.29, 0.717) is 17.1 Å². The van der Waals surface area contributed by atoms with Crippen LogP contribution in [0.1, 0.15) is 51.8 Å². The van der Waals surface area contributed by atoms with Crippen LogP contribution in [-0.4, -0.2) is 28.2 Å². The van der Waals surface area contributed by atoms with Gasteiger partial charge in [-0.05, 0) is 32.3 Å². The van der Waals surface area contributed by atoms with E-state index in [-0.39, 0.29) is 30.7 Å². The summed E-state index contributed by atoms with van der Waals surface area (Å²) in [5.74, 6) is 0.499. The minimum absolute atomic E-state index is 0. The lowest BCUT2D eigenvalue weighted by atomic mass is 9.93. The molecule has 4 rings (SSSR count). The van der Waals surface area contributed by atoms with Gasteiger partial charge in [0.25, 0.3) is 5.91 Å². The summed E-state index contributed by atoms with van der Waals surface area (Å²) in [5, 5.41) is 17.7. The SMILES string of the molecule is Cc1nnc(NC(=O)c2csc([C@@H]3C[C@H]3NC3CCC3)c2)s1.Cl.Cl. The second-order valence-electron chi connectivity index (χ2n) is 6.06. The van der Waals surface area contributed by atoms with Gasteiger partial charge in [-0.2, -0.15) is 0 Å². The van der Waals surface area contributed by atoms with Crippen LogP contribution in [0.3, 0.4) is 0 Å². The number of hydrogen-bond acceptors (Lipinski definition) is 6. The monoisotopic (exact) mass is 406 g/mol. The molecule has 5 nitrogen and oxygen atoms in total. The fourth-order valence-electron chi connectivity index (χ4n) is 2.75. The number of carbonyl (C=O) groups excluding carboxylic acids is 1. The number of halogens is 2. The average Bonchev–Trinajstić information content (AvgIpc) is 2.84. The molecule has 2 aromatic rings. The van der Waals surface area contributed by atoms with Gasteiger partial charge in [-0.15, -0.1) is 46.3 Å². The number of amides is 1. The summed E-state index contributed by atoms with van der Waals surface area (Å²) in [7, 11) is 0. The molecular formula is C15H20Cl2N4OS2. The molecule has 0 bridgehead atoms. The van der Waals surface area contributed by atoms with Crippen molar-refractivity contribution >= 4 is 58.5 Å². The first kappa shape index (κ1) is 19.6. The van der Waals surface area contributed by atoms with Crippen molar-refractivity contribution in [3.8, 4) is 0 Å².